The lowest BCUT2D eigenvalue weighted by atomic mass is 9.89. The highest BCUT2D eigenvalue weighted by Gasteiger charge is 2.43. The van der Waals surface area contributed by atoms with E-state index in [1.54, 1.807) is 44.9 Å². The number of benzene rings is 1. The van der Waals surface area contributed by atoms with E-state index in [0.717, 1.165) is 12.8 Å². The fraction of sp³-hybridized carbons (Fsp3) is 0.737. The van der Waals surface area contributed by atoms with Gasteiger partial charge < -0.3 is 40.7 Å². The van der Waals surface area contributed by atoms with Crippen LogP contribution in [0, 0.1) is 23.7 Å². The van der Waals surface area contributed by atoms with Crippen molar-refractivity contribution in [3.05, 3.63) is 35.9 Å². The van der Waals surface area contributed by atoms with Gasteiger partial charge in [-0.3, -0.25) is 19.2 Å². The molecule has 1 heterocycles. The van der Waals surface area contributed by atoms with E-state index in [9.17, 15) is 24.3 Å². The molecule has 1 aromatic carbocycles. The van der Waals surface area contributed by atoms with Gasteiger partial charge in [0.2, 0.25) is 23.6 Å². The van der Waals surface area contributed by atoms with Gasteiger partial charge in [0, 0.05) is 27.8 Å². The van der Waals surface area contributed by atoms with Crippen LogP contribution in [-0.4, -0.2) is 109 Å². The normalized spacial score (nSPS) is 20.3. The highest BCUT2D eigenvalue weighted by Crippen LogP contribution is 2.30. The van der Waals surface area contributed by atoms with Gasteiger partial charge in [-0.2, -0.15) is 0 Å². The molecule has 12 heteroatoms. The van der Waals surface area contributed by atoms with E-state index >= 15 is 0 Å². The molecular formula is C38H65N5O7. The van der Waals surface area contributed by atoms with Gasteiger partial charge in [0.25, 0.3) is 0 Å². The number of hydrogen-bond donors (Lipinski definition) is 4. The second-order valence-corrected chi connectivity index (χ2v) is 14.7. The molecule has 1 aromatic rings. The van der Waals surface area contributed by atoms with Crippen LogP contribution < -0.4 is 16.4 Å². The Morgan fingerprint density at radius 1 is 0.960 bits per heavy atom. The lowest BCUT2D eigenvalue weighted by Gasteiger charge is -2.41. The highest BCUT2D eigenvalue weighted by atomic mass is 16.5. The summed E-state index contributed by atoms with van der Waals surface area (Å²) in [7, 11) is 4.80. The van der Waals surface area contributed by atoms with Crippen molar-refractivity contribution < 1.29 is 33.8 Å². The standard InChI is InChI=1S/C38H65N5O7/c1-12-24(6)33(42(9)38(48)32(23(4)5)41-37(47)31(39)22(2)3)29(49-10)21-30(44)43-20-16-19-28(43)35(50-11)25(7)36(46)40-26(8)34(45)27-17-14-13-15-18-27/h13-15,17-18,22-26,28-29,31-35,45H,12,16,19-21,39H2,1-11H3,(H,40,46)(H,41,47). The van der Waals surface area contributed by atoms with Crippen LogP contribution in [0.15, 0.2) is 30.3 Å². The summed E-state index contributed by atoms with van der Waals surface area (Å²) < 4.78 is 11.9. The maximum Gasteiger partial charge on any atom is 0.245 e. The average Bonchev–Trinajstić information content (AvgIpc) is 3.58. The number of carbonyl (C=O) groups excluding carboxylic acids is 4. The molecule has 1 aliphatic heterocycles. The number of likely N-dealkylation sites (tertiary alicyclic amines) is 1. The van der Waals surface area contributed by atoms with Crippen molar-refractivity contribution in [2.75, 3.05) is 27.8 Å². The zero-order valence-electron chi connectivity index (χ0n) is 32.2. The van der Waals surface area contributed by atoms with E-state index in [0.29, 0.717) is 18.5 Å². The first-order valence-electron chi connectivity index (χ1n) is 18.2. The van der Waals surface area contributed by atoms with E-state index in [-0.39, 0.29) is 53.8 Å². The predicted molar refractivity (Wildman–Crippen MR) is 195 cm³/mol. The summed E-state index contributed by atoms with van der Waals surface area (Å²) in [5, 5.41) is 16.6. The summed E-state index contributed by atoms with van der Waals surface area (Å²) in [5.41, 5.74) is 6.80. The number of nitrogens with two attached hydrogens (primary N) is 1. The van der Waals surface area contributed by atoms with E-state index in [1.165, 1.54) is 0 Å². The molecule has 284 valence electrons. The van der Waals surface area contributed by atoms with Gasteiger partial charge in [-0.25, -0.2) is 0 Å². The molecule has 0 aromatic heterocycles. The van der Waals surface area contributed by atoms with Gasteiger partial charge in [-0.05, 0) is 43.1 Å². The molecule has 0 spiro atoms. The molecule has 5 N–H and O–H groups in total. The van der Waals surface area contributed by atoms with Crippen LogP contribution in [0.2, 0.25) is 0 Å². The van der Waals surface area contributed by atoms with Crippen LogP contribution in [0.4, 0.5) is 0 Å². The minimum Gasteiger partial charge on any atom is -0.386 e. The Morgan fingerprint density at radius 3 is 2.10 bits per heavy atom. The van der Waals surface area contributed by atoms with Crippen molar-refractivity contribution in [3.63, 3.8) is 0 Å². The van der Waals surface area contributed by atoms with Gasteiger partial charge in [0.05, 0.1) is 54.8 Å². The minimum absolute atomic E-state index is 0.0217. The SMILES string of the molecule is CCC(C)C(C(CC(=O)N1CCCC1C(OC)C(C)C(=O)NC(C)C(O)c1ccccc1)OC)N(C)C(=O)C(NC(=O)C(N)C(C)C)C(C)C. The van der Waals surface area contributed by atoms with Gasteiger partial charge in [0.15, 0.2) is 0 Å². The number of nitrogens with one attached hydrogen (secondary N) is 2. The van der Waals surface area contributed by atoms with Crippen molar-refractivity contribution in [3.8, 4) is 0 Å². The minimum atomic E-state index is -0.878. The van der Waals surface area contributed by atoms with Gasteiger partial charge in [-0.15, -0.1) is 0 Å². The molecule has 0 saturated carbocycles. The van der Waals surface area contributed by atoms with Crippen LogP contribution >= 0.6 is 0 Å². The Labute approximate surface area is 300 Å². The molecule has 1 aliphatic rings. The van der Waals surface area contributed by atoms with Crippen LogP contribution in [0.1, 0.15) is 92.7 Å². The second-order valence-electron chi connectivity index (χ2n) is 14.7. The summed E-state index contributed by atoms with van der Waals surface area (Å²) >= 11 is 0. The third kappa shape index (κ3) is 11.0. The smallest absolute Gasteiger partial charge is 0.245 e. The van der Waals surface area contributed by atoms with Crippen molar-refractivity contribution >= 4 is 23.6 Å². The molecule has 4 amide bonds. The quantitative estimate of drug-likeness (QED) is 0.171. The summed E-state index contributed by atoms with van der Waals surface area (Å²) in [5.74, 6) is -1.99. The molecule has 50 heavy (non-hydrogen) atoms. The number of aliphatic hydroxyl groups excluding tert-OH is 1. The van der Waals surface area contributed by atoms with Crippen LogP contribution in [0.3, 0.4) is 0 Å². The van der Waals surface area contributed by atoms with Gasteiger partial charge in [0.1, 0.15) is 6.04 Å². The van der Waals surface area contributed by atoms with Crippen LogP contribution in [-0.2, 0) is 28.7 Å². The third-order valence-corrected chi connectivity index (χ3v) is 10.5. The van der Waals surface area contributed by atoms with Gasteiger partial charge in [-0.1, -0.05) is 85.2 Å². The molecule has 0 bridgehead atoms. The van der Waals surface area contributed by atoms with Crippen molar-refractivity contribution in [1.82, 2.24) is 20.4 Å². The first-order valence-corrected chi connectivity index (χ1v) is 18.2. The lowest BCUT2D eigenvalue weighted by Crippen LogP contribution is -2.59. The zero-order valence-corrected chi connectivity index (χ0v) is 32.2. The monoisotopic (exact) mass is 703 g/mol. The van der Waals surface area contributed by atoms with Crippen molar-refractivity contribution in [2.45, 2.75) is 130 Å². The molecule has 12 nitrogen and oxygen atoms in total. The van der Waals surface area contributed by atoms with E-state index in [1.807, 2.05) is 71.9 Å². The van der Waals surface area contributed by atoms with Gasteiger partial charge >= 0.3 is 0 Å². The summed E-state index contributed by atoms with van der Waals surface area (Å²) in [6, 6.07) is 6.29. The Hall–Kier alpha value is -3.06. The Kier molecular flexibility index (Phi) is 17.3. The van der Waals surface area contributed by atoms with Crippen LogP contribution in [0.5, 0.6) is 0 Å². The molecule has 1 saturated heterocycles. The number of methoxy groups -OCH3 is 2. The summed E-state index contributed by atoms with van der Waals surface area (Å²) in [6.45, 7) is 15.6. The Balaban J connectivity index is 2.23. The summed E-state index contributed by atoms with van der Waals surface area (Å²) in [4.78, 5) is 57.8. The fourth-order valence-corrected chi connectivity index (χ4v) is 6.97. The fourth-order valence-electron chi connectivity index (χ4n) is 6.97. The lowest BCUT2D eigenvalue weighted by molar-refractivity contribution is -0.147. The number of amides is 4. The predicted octanol–water partition coefficient (Wildman–Crippen LogP) is 3.27. The zero-order chi connectivity index (χ0) is 37.9. The number of rotatable bonds is 19. The molecule has 2 rings (SSSR count). The Morgan fingerprint density at radius 2 is 1.58 bits per heavy atom. The maximum atomic E-state index is 14.1. The molecule has 1 fully saturated rings. The average molecular weight is 704 g/mol. The van der Waals surface area contributed by atoms with E-state index in [2.05, 4.69) is 10.6 Å². The highest BCUT2D eigenvalue weighted by molar-refractivity contribution is 5.90. The number of aliphatic hydroxyl groups is 1. The Bertz CT molecular complexity index is 1230. The molecule has 10 unspecified atom stereocenters. The molecule has 0 aliphatic carbocycles. The first-order chi connectivity index (χ1) is 23.5. The van der Waals surface area contributed by atoms with E-state index < -0.39 is 48.4 Å². The van der Waals surface area contributed by atoms with E-state index in [4.69, 9.17) is 15.2 Å². The maximum absolute atomic E-state index is 14.1. The molecule has 0 radical (unpaired) electrons. The van der Waals surface area contributed by atoms with Crippen molar-refractivity contribution in [1.29, 1.82) is 0 Å². The second kappa shape index (κ2) is 20.1. The summed E-state index contributed by atoms with van der Waals surface area (Å²) in [6.07, 6.45) is 0.0955. The first kappa shape index (κ1) is 43.1. The molecule has 10 atom stereocenters. The third-order valence-electron chi connectivity index (χ3n) is 10.5. The van der Waals surface area contributed by atoms with Crippen molar-refractivity contribution in [2.24, 2.45) is 29.4 Å². The number of likely N-dealkylation sites (N-methyl/N-ethyl adjacent to an activating group) is 1. The number of hydrogen-bond acceptors (Lipinski definition) is 8. The topological polar surface area (TPSA) is 164 Å². The number of ether oxygens (including phenoxy) is 2. The number of carbonyl (C=O) groups is 4. The molecular weight excluding hydrogens is 638 g/mol. The largest absolute Gasteiger partial charge is 0.386 e. The number of nitrogens with zero attached hydrogens (tertiary/aromatic N) is 2. The van der Waals surface area contributed by atoms with Crippen LogP contribution in [0.25, 0.3) is 0 Å².